The van der Waals surface area contributed by atoms with Crippen LogP contribution in [0.2, 0.25) is 0 Å². The van der Waals surface area contributed by atoms with Crippen molar-refractivity contribution in [1.29, 1.82) is 0 Å². The topological polar surface area (TPSA) is 63.8 Å². The van der Waals surface area contributed by atoms with Gasteiger partial charge >= 0.3 is 0 Å². The lowest BCUT2D eigenvalue weighted by Crippen LogP contribution is -2.10. The van der Waals surface area contributed by atoms with Crippen molar-refractivity contribution in [1.82, 2.24) is 9.97 Å². The van der Waals surface area contributed by atoms with E-state index >= 15 is 0 Å². The van der Waals surface area contributed by atoms with Crippen LogP contribution in [0.15, 0.2) is 41.1 Å². The molecule has 3 N–H and O–H groups in total. The second kappa shape index (κ2) is 6.47. The molecular formula is C13H15BrN4. The Bertz CT molecular complexity index is 499. The van der Waals surface area contributed by atoms with Gasteiger partial charge in [-0.3, -0.25) is 0 Å². The molecule has 1 aromatic carbocycles. The van der Waals surface area contributed by atoms with E-state index in [1.807, 2.05) is 36.7 Å². The van der Waals surface area contributed by atoms with E-state index < -0.39 is 0 Å². The highest BCUT2D eigenvalue weighted by atomic mass is 79.9. The van der Waals surface area contributed by atoms with Crippen molar-refractivity contribution in [3.05, 3.63) is 41.1 Å². The molecule has 1 heterocycles. The molecule has 0 aliphatic heterocycles. The van der Waals surface area contributed by atoms with Crippen molar-refractivity contribution in [3.8, 4) is 11.1 Å². The molecule has 18 heavy (non-hydrogen) atoms. The number of aromatic nitrogens is 2. The summed E-state index contributed by atoms with van der Waals surface area (Å²) in [6.45, 7) is 1.47. The highest BCUT2D eigenvalue weighted by Gasteiger charge is 2.03. The predicted molar refractivity (Wildman–Crippen MR) is 77.3 cm³/mol. The molecule has 0 saturated heterocycles. The van der Waals surface area contributed by atoms with E-state index in [1.165, 1.54) is 0 Å². The van der Waals surface area contributed by atoms with Crippen molar-refractivity contribution in [3.63, 3.8) is 0 Å². The Morgan fingerprint density at radius 3 is 2.56 bits per heavy atom. The molecule has 0 radical (unpaired) electrons. The molecule has 0 aliphatic carbocycles. The van der Waals surface area contributed by atoms with Crippen LogP contribution in [0.1, 0.15) is 6.42 Å². The molecule has 0 amide bonds. The van der Waals surface area contributed by atoms with Gasteiger partial charge in [-0.25, -0.2) is 9.97 Å². The predicted octanol–water partition coefficient (Wildman–Crippen LogP) is 2.67. The summed E-state index contributed by atoms with van der Waals surface area (Å²) in [4.78, 5) is 8.57. The Morgan fingerprint density at radius 1 is 1.17 bits per heavy atom. The number of nitrogens with two attached hydrogens (primary N) is 1. The van der Waals surface area contributed by atoms with E-state index in [0.29, 0.717) is 12.5 Å². The molecule has 0 bridgehead atoms. The van der Waals surface area contributed by atoms with E-state index in [1.54, 1.807) is 0 Å². The first-order valence-corrected chi connectivity index (χ1v) is 6.61. The lowest BCUT2D eigenvalue weighted by molar-refractivity contribution is 0.864. The van der Waals surface area contributed by atoms with E-state index in [4.69, 9.17) is 5.73 Å². The van der Waals surface area contributed by atoms with Gasteiger partial charge in [0, 0.05) is 29.0 Å². The van der Waals surface area contributed by atoms with Crippen molar-refractivity contribution in [2.45, 2.75) is 6.42 Å². The minimum Gasteiger partial charge on any atom is -0.354 e. The summed E-state index contributed by atoms with van der Waals surface area (Å²) in [6, 6.07) is 8.01. The highest BCUT2D eigenvalue weighted by molar-refractivity contribution is 9.10. The van der Waals surface area contributed by atoms with Crippen molar-refractivity contribution >= 4 is 21.9 Å². The third-order valence-electron chi connectivity index (χ3n) is 2.50. The molecule has 94 valence electrons. The van der Waals surface area contributed by atoms with Crippen LogP contribution in [-0.2, 0) is 0 Å². The Labute approximate surface area is 115 Å². The average Bonchev–Trinajstić information content (AvgIpc) is 2.41. The maximum atomic E-state index is 5.42. The molecule has 4 nitrogen and oxygen atoms in total. The minimum absolute atomic E-state index is 0.638. The van der Waals surface area contributed by atoms with Gasteiger partial charge in [-0.05, 0) is 24.6 Å². The lowest BCUT2D eigenvalue weighted by atomic mass is 10.1. The summed E-state index contributed by atoms with van der Waals surface area (Å²) in [5.41, 5.74) is 7.50. The second-order valence-corrected chi connectivity index (χ2v) is 4.70. The van der Waals surface area contributed by atoms with Gasteiger partial charge < -0.3 is 11.1 Å². The Hall–Kier alpha value is -1.46. The van der Waals surface area contributed by atoms with Crippen LogP contribution in [0.25, 0.3) is 11.1 Å². The normalized spacial score (nSPS) is 10.3. The Balaban J connectivity index is 2.10. The zero-order valence-electron chi connectivity index (χ0n) is 9.94. The van der Waals surface area contributed by atoms with Crippen molar-refractivity contribution in [2.75, 3.05) is 18.4 Å². The number of rotatable bonds is 5. The van der Waals surface area contributed by atoms with Crippen molar-refractivity contribution < 1.29 is 0 Å². The van der Waals surface area contributed by atoms with Gasteiger partial charge in [-0.1, -0.05) is 34.1 Å². The molecule has 1 aromatic heterocycles. The second-order valence-electron chi connectivity index (χ2n) is 3.84. The standard InChI is InChI=1S/C13H15BrN4/c14-12-5-2-1-4-11(12)10-8-17-13(18-9-10)16-7-3-6-15/h1-2,4-5,8-9H,3,6-7,15H2,(H,16,17,18). The molecular weight excluding hydrogens is 292 g/mol. The first kappa shape index (κ1) is 13.0. The van der Waals surface area contributed by atoms with Crippen LogP contribution in [0.3, 0.4) is 0 Å². The first-order chi connectivity index (χ1) is 8.81. The summed E-state index contributed by atoms with van der Waals surface area (Å²) in [5.74, 6) is 0.638. The first-order valence-electron chi connectivity index (χ1n) is 5.82. The fourth-order valence-electron chi connectivity index (χ4n) is 1.56. The van der Waals surface area contributed by atoms with Gasteiger partial charge in [0.15, 0.2) is 0 Å². The quantitative estimate of drug-likeness (QED) is 0.834. The maximum absolute atomic E-state index is 5.42. The van der Waals surface area contributed by atoms with E-state index in [2.05, 4.69) is 31.2 Å². The zero-order chi connectivity index (χ0) is 12.8. The highest BCUT2D eigenvalue weighted by Crippen LogP contribution is 2.26. The molecule has 0 aliphatic rings. The molecule has 0 saturated carbocycles. The number of nitrogens with one attached hydrogen (secondary N) is 1. The van der Waals surface area contributed by atoms with Gasteiger partial charge in [0.05, 0.1) is 0 Å². The summed E-state index contributed by atoms with van der Waals surface area (Å²) in [5, 5.41) is 3.12. The van der Waals surface area contributed by atoms with E-state index in [9.17, 15) is 0 Å². The van der Waals surface area contributed by atoms with Gasteiger partial charge in [0.25, 0.3) is 0 Å². The molecule has 0 unspecified atom stereocenters. The van der Waals surface area contributed by atoms with Crippen LogP contribution in [-0.4, -0.2) is 23.1 Å². The molecule has 2 rings (SSSR count). The fraction of sp³-hybridized carbons (Fsp3) is 0.231. The van der Waals surface area contributed by atoms with Gasteiger partial charge in [0.2, 0.25) is 5.95 Å². The van der Waals surface area contributed by atoms with Gasteiger partial charge in [-0.15, -0.1) is 0 Å². The maximum Gasteiger partial charge on any atom is 0.222 e. The largest absolute Gasteiger partial charge is 0.354 e. The Morgan fingerprint density at radius 2 is 1.89 bits per heavy atom. The van der Waals surface area contributed by atoms with E-state index in [-0.39, 0.29) is 0 Å². The number of halogens is 1. The number of anilines is 1. The SMILES string of the molecule is NCCCNc1ncc(-c2ccccc2Br)cn1. The summed E-state index contributed by atoms with van der Waals surface area (Å²) >= 11 is 3.52. The third kappa shape index (κ3) is 3.27. The smallest absolute Gasteiger partial charge is 0.222 e. The monoisotopic (exact) mass is 306 g/mol. The summed E-state index contributed by atoms with van der Waals surface area (Å²) in [7, 11) is 0. The molecule has 0 fully saturated rings. The minimum atomic E-state index is 0.638. The molecule has 0 spiro atoms. The molecule has 5 heteroatoms. The fourth-order valence-corrected chi connectivity index (χ4v) is 2.07. The van der Waals surface area contributed by atoms with E-state index in [0.717, 1.165) is 28.6 Å². The van der Waals surface area contributed by atoms with Crippen LogP contribution in [0.5, 0.6) is 0 Å². The van der Waals surface area contributed by atoms with Crippen LogP contribution in [0, 0.1) is 0 Å². The summed E-state index contributed by atoms with van der Waals surface area (Å²) < 4.78 is 1.04. The van der Waals surface area contributed by atoms with Crippen LogP contribution < -0.4 is 11.1 Å². The Kier molecular flexibility index (Phi) is 4.66. The van der Waals surface area contributed by atoms with Crippen LogP contribution in [0.4, 0.5) is 5.95 Å². The van der Waals surface area contributed by atoms with Gasteiger partial charge in [0.1, 0.15) is 0 Å². The third-order valence-corrected chi connectivity index (χ3v) is 3.19. The molecule has 0 atom stereocenters. The number of nitrogens with zero attached hydrogens (tertiary/aromatic N) is 2. The summed E-state index contributed by atoms with van der Waals surface area (Å²) in [6.07, 6.45) is 4.55. The number of hydrogen-bond acceptors (Lipinski definition) is 4. The average molecular weight is 307 g/mol. The number of benzene rings is 1. The molecule has 2 aromatic rings. The van der Waals surface area contributed by atoms with Crippen molar-refractivity contribution in [2.24, 2.45) is 5.73 Å². The number of hydrogen-bond donors (Lipinski definition) is 2. The van der Waals surface area contributed by atoms with Gasteiger partial charge in [-0.2, -0.15) is 0 Å². The lowest BCUT2D eigenvalue weighted by Gasteiger charge is -2.06. The van der Waals surface area contributed by atoms with Crippen LogP contribution >= 0.6 is 15.9 Å². The zero-order valence-corrected chi connectivity index (χ0v) is 11.5.